The van der Waals surface area contributed by atoms with Gasteiger partial charge in [-0.2, -0.15) is 17.6 Å². The number of aryl methyl sites for hydroxylation is 1. The summed E-state index contributed by atoms with van der Waals surface area (Å²) in [5.41, 5.74) is -8.52. The monoisotopic (exact) mass is 882 g/mol. The van der Waals surface area contributed by atoms with Crippen molar-refractivity contribution in [2.75, 3.05) is 26.4 Å². The van der Waals surface area contributed by atoms with E-state index in [1.807, 2.05) is 30.3 Å². The van der Waals surface area contributed by atoms with Crippen LogP contribution in [0.4, 0.5) is 17.6 Å². The molecule has 4 aromatic rings. The molecule has 0 bridgehead atoms. The van der Waals surface area contributed by atoms with Crippen molar-refractivity contribution < 1.29 is 49.2 Å². The number of rotatable bonds is 18. The third-order valence-electron chi connectivity index (χ3n) is 7.87. The van der Waals surface area contributed by atoms with Crippen LogP contribution in [0.25, 0.3) is 0 Å². The van der Waals surface area contributed by atoms with E-state index in [2.05, 4.69) is 42.1 Å². The first-order valence-corrected chi connectivity index (χ1v) is 20.7. The molecule has 0 saturated carbocycles. The second kappa shape index (κ2) is 16.8. The van der Waals surface area contributed by atoms with Gasteiger partial charge in [0.15, 0.2) is 0 Å². The molecule has 51 heavy (non-hydrogen) atoms. The minimum atomic E-state index is -4.89. The van der Waals surface area contributed by atoms with Crippen molar-refractivity contribution in [1.82, 2.24) is 10.2 Å². The summed E-state index contributed by atoms with van der Waals surface area (Å²) in [7, 11) is -9.79. The lowest BCUT2D eigenvalue weighted by Gasteiger charge is -2.32. The van der Waals surface area contributed by atoms with Gasteiger partial charge in [-0.05, 0) is 69.4 Å². The first kappa shape index (κ1) is 41.5. The molecule has 0 saturated heterocycles. The van der Waals surface area contributed by atoms with E-state index in [0.717, 1.165) is 12.1 Å². The van der Waals surface area contributed by atoms with Crippen molar-refractivity contribution in [2.45, 2.75) is 64.2 Å². The molecule has 0 atom stereocenters. The second-order valence-corrected chi connectivity index (χ2v) is 17.2. The minimum Gasteiger partial charge on any atom is -0.425 e. The number of halogens is 6. The molecule has 0 aliphatic heterocycles. The largest absolute Gasteiger partial charge is 0.425 e. The Morgan fingerprint density at radius 3 is 1.41 bits per heavy atom. The van der Waals surface area contributed by atoms with Gasteiger partial charge < -0.3 is 22.5 Å². The summed E-state index contributed by atoms with van der Waals surface area (Å²) >= 11 is 6.52. The molecule has 0 spiro atoms. The highest BCUT2D eigenvalue weighted by molar-refractivity contribution is 9.10. The standard InChI is InChI=1S/C34H38Br2F4N2O7P2/c1-6-45-50(43,46-7-2)33(37,38)27-17-15-24(19-29(27)35)21-32(26-13-11-10-12-14-26,31-42-41-23(5)49-31)22-25-16-18-28(30(36)20-25)34(39,40)51(44,47-8-3)48-9-4/h10-20H,6-9,21-22H2,1-5H3. The number of aromatic nitrogens is 2. The normalized spacial score (nSPS) is 13.2. The Labute approximate surface area is 311 Å². The highest BCUT2D eigenvalue weighted by atomic mass is 79.9. The van der Waals surface area contributed by atoms with Crippen LogP contribution < -0.4 is 0 Å². The SMILES string of the molecule is CCOP(=O)(OCC)C(F)(F)c1ccc(CC(Cc2ccc(C(F)(F)P(=O)(OCC)OCC)c(Br)c2)(c2ccccc2)c2nnc(C)o2)cc1Br. The fourth-order valence-electron chi connectivity index (χ4n) is 5.68. The Morgan fingerprint density at radius 1 is 0.667 bits per heavy atom. The summed E-state index contributed by atoms with van der Waals surface area (Å²) in [6, 6.07) is 17.3. The van der Waals surface area contributed by atoms with E-state index in [-0.39, 0.29) is 60.0 Å². The molecule has 4 rings (SSSR count). The number of alkyl halides is 4. The van der Waals surface area contributed by atoms with E-state index in [9.17, 15) is 9.13 Å². The van der Waals surface area contributed by atoms with Crippen molar-refractivity contribution in [3.63, 3.8) is 0 Å². The maximum Gasteiger partial charge on any atom is 0.404 e. The minimum absolute atomic E-state index is 0.0457. The second-order valence-electron chi connectivity index (χ2n) is 11.3. The Kier molecular flexibility index (Phi) is 13.7. The van der Waals surface area contributed by atoms with Crippen LogP contribution in [-0.2, 0) is 56.8 Å². The number of hydrogen-bond donors (Lipinski definition) is 0. The van der Waals surface area contributed by atoms with Crippen LogP contribution in [0.15, 0.2) is 80.1 Å². The molecular formula is C34H38Br2F4N2O7P2. The Bertz CT molecular complexity index is 1790. The highest BCUT2D eigenvalue weighted by Gasteiger charge is 2.57. The number of benzene rings is 3. The van der Waals surface area contributed by atoms with Crippen LogP contribution in [0.5, 0.6) is 0 Å². The molecule has 0 aliphatic rings. The molecule has 278 valence electrons. The molecule has 0 fully saturated rings. The van der Waals surface area contributed by atoms with Gasteiger partial charge in [-0.1, -0.05) is 86.5 Å². The molecule has 3 aromatic carbocycles. The van der Waals surface area contributed by atoms with Gasteiger partial charge >= 0.3 is 26.5 Å². The maximum absolute atomic E-state index is 15.8. The van der Waals surface area contributed by atoms with E-state index in [1.165, 1.54) is 52.0 Å². The zero-order valence-electron chi connectivity index (χ0n) is 28.5. The Hall–Kier alpha value is -2.22. The molecular weight excluding hydrogens is 846 g/mol. The van der Waals surface area contributed by atoms with E-state index in [4.69, 9.17) is 22.5 Å². The van der Waals surface area contributed by atoms with Gasteiger partial charge in [0.2, 0.25) is 11.8 Å². The lowest BCUT2D eigenvalue weighted by atomic mass is 9.71. The predicted molar refractivity (Wildman–Crippen MR) is 191 cm³/mol. The average molecular weight is 884 g/mol. The highest BCUT2D eigenvalue weighted by Crippen LogP contribution is 2.68. The van der Waals surface area contributed by atoms with Gasteiger partial charge in [0, 0.05) is 27.0 Å². The zero-order chi connectivity index (χ0) is 37.7. The van der Waals surface area contributed by atoms with Crippen molar-refractivity contribution in [3.8, 4) is 0 Å². The molecule has 0 N–H and O–H groups in total. The summed E-state index contributed by atoms with van der Waals surface area (Å²) in [4.78, 5) is 0. The molecule has 1 aromatic heterocycles. The predicted octanol–water partition coefficient (Wildman–Crippen LogP) is 11.3. The lowest BCUT2D eigenvalue weighted by molar-refractivity contribution is 0.0354. The fourth-order valence-corrected chi connectivity index (χ4v) is 10.5. The third-order valence-corrected chi connectivity index (χ3v) is 13.4. The molecule has 0 radical (unpaired) electrons. The van der Waals surface area contributed by atoms with Crippen molar-refractivity contribution in [1.29, 1.82) is 0 Å². The quantitative estimate of drug-likeness (QED) is 0.0712. The van der Waals surface area contributed by atoms with Crippen LogP contribution in [0.1, 0.15) is 67.3 Å². The van der Waals surface area contributed by atoms with Crippen LogP contribution in [0.3, 0.4) is 0 Å². The fraction of sp³-hybridized carbons (Fsp3) is 0.412. The summed E-state index contributed by atoms with van der Waals surface area (Å²) in [6.07, 6.45) is 0.216. The van der Waals surface area contributed by atoms with E-state index < -0.39 is 43.1 Å². The van der Waals surface area contributed by atoms with Gasteiger partial charge in [-0.25, -0.2) is 0 Å². The topological polar surface area (TPSA) is 110 Å². The van der Waals surface area contributed by atoms with Gasteiger partial charge in [0.25, 0.3) is 0 Å². The summed E-state index contributed by atoms with van der Waals surface area (Å²) < 4.78 is 115. The lowest BCUT2D eigenvalue weighted by Crippen LogP contribution is -2.34. The number of nitrogens with zero attached hydrogens (tertiary/aromatic N) is 2. The summed E-state index contributed by atoms with van der Waals surface area (Å²) in [5, 5.41) is 8.43. The van der Waals surface area contributed by atoms with E-state index >= 15 is 17.6 Å². The molecule has 1 heterocycles. The zero-order valence-corrected chi connectivity index (χ0v) is 33.5. The van der Waals surface area contributed by atoms with Crippen LogP contribution in [-0.4, -0.2) is 36.6 Å². The Morgan fingerprint density at radius 2 is 1.08 bits per heavy atom. The van der Waals surface area contributed by atoms with Crippen LogP contribution >= 0.6 is 47.1 Å². The first-order chi connectivity index (χ1) is 24.0. The molecule has 0 aliphatic carbocycles. The average Bonchev–Trinajstić information content (AvgIpc) is 3.51. The smallest absolute Gasteiger partial charge is 0.404 e. The first-order valence-electron chi connectivity index (χ1n) is 16.0. The van der Waals surface area contributed by atoms with Crippen molar-refractivity contribution in [2.24, 2.45) is 0 Å². The molecule has 0 amide bonds. The van der Waals surface area contributed by atoms with Gasteiger partial charge in [0.05, 0.1) is 31.8 Å². The molecule has 17 heteroatoms. The van der Waals surface area contributed by atoms with E-state index in [0.29, 0.717) is 16.7 Å². The van der Waals surface area contributed by atoms with Crippen molar-refractivity contribution in [3.05, 3.63) is 115 Å². The van der Waals surface area contributed by atoms with Crippen LogP contribution in [0, 0.1) is 6.92 Å². The third kappa shape index (κ3) is 8.46. The molecule has 0 unspecified atom stereocenters. The molecule has 9 nitrogen and oxygen atoms in total. The maximum atomic E-state index is 15.8. The number of hydrogen-bond acceptors (Lipinski definition) is 9. The Balaban J connectivity index is 1.85. The van der Waals surface area contributed by atoms with Crippen molar-refractivity contribution >= 4 is 47.1 Å². The van der Waals surface area contributed by atoms with Gasteiger partial charge in [-0.15, -0.1) is 10.2 Å². The van der Waals surface area contributed by atoms with Gasteiger partial charge in [0.1, 0.15) is 0 Å². The summed E-state index contributed by atoms with van der Waals surface area (Å²) in [6.45, 7) is 6.40. The van der Waals surface area contributed by atoms with E-state index in [1.54, 1.807) is 6.92 Å². The van der Waals surface area contributed by atoms with Gasteiger partial charge in [-0.3, -0.25) is 9.13 Å². The van der Waals surface area contributed by atoms with Crippen LogP contribution in [0.2, 0.25) is 0 Å². The summed E-state index contributed by atoms with van der Waals surface area (Å²) in [5.74, 6) is 0.458.